The van der Waals surface area contributed by atoms with E-state index in [0.29, 0.717) is 0 Å². The Bertz CT molecular complexity index is 291. The molecule has 0 aliphatic rings. The summed E-state index contributed by atoms with van der Waals surface area (Å²) in [6, 6.07) is 0. The van der Waals surface area contributed by atoms with Gasteiger partial charge in [-0.15, -0.1) is 0 Å². The summed E-state index contributed by atoms with van der Waals surface area (Å²) in [7, 11) is 0. The standard InChI is InChI=1S/C10H15NO/c1-7-6-12-11-9(7)8(2)10(3,4)5/h6H,2H2,1,3-5H3. The van der Waals surface area contributed by atoms with Gasteiger partial charge in [0.2, 0.25) is 0 Å². The van der Waals surface area contributed by atoms with Crippen molar-refractivity contribution in [2.45, 2.75) is 27.7 Å². The van der Waals surface area contributed by atoms with Gasteiger partial charge in [-0.1, -0.05) is 32.5 Å². The van der Waals surface area contributed by atoms with Gasteiger partial charge in [-0.2, -0.15) is 0 Å². The van der Waals surface area contributed by atoms with Crippen LogP contribution in [0.1, 0.15) is 32.0 Å². The molecule has 0 amide bonds. The maximum atomic E-state index is 4.85. The van der Waals surface area contributed by atoms with E-state index in [1.165, 1.54) is 0 Å². The van der Waals surface area contributed by atoms with Gasteiger partial charge in [-0.05, 0) is 17.9 Å². The summed E-state index contributed by atoms with van der Waals surface area (Å²) in [5.74, 6) is 0. The molecule has 0 aromatic carbocycles. The third-order valence-electron chi connectivity index (χ3n) is 1.94. The molecule has 0 aliphatic heterocycles. The molecule has 66 valence electrons. The molecule has 1 heterocycles. The van der Waals surface area contributed by atoms with Crippen LogP contribution in [0.5, 0.6) is 0 Å². The molecule has 0 saturated heterocycles. The first-order chi connectivity index (χ1) is 5.43. The molecule has 0 fully saturated rings. The van der Waals surface area contributed by atoms with Gasteiger partial charge in [-0.3, -0.25) is 0 Å². The van der Waals surface area contributed by atoms with E-state index >= 15 is 0 Å². The van der Waals surface area contributed by atoms with E-state index < -0.39 is 0 Å². The minimum Gasteiger partial charge on any atom is -0.364 e. The highest BCUT2D eigenvalue weighted by atomic mass is 16.5. The second kappa shape index (κ2) is 2.77. The molecule has 0 radical (unpaired) electrons. The van der Waals surface area contributed by atoms with Gasteiger partial charge in [0.05, 0.1) is 0 Å². The van der Waals surface area contributed by atoms with Crippen LogP contribution in [0.15, 0.2) is 17.4 Å². The maximum Gasteiger partial charge on any atom is 0.127 e. The van der Waals surface area contributed by atoms with E-state index in [-0.39, 0.29) is 5.41 Å². The molecule has 0 aliphatic carbocycles. The lowest BCUT2D eigenvalue weighted by atomic mass is 9.85. The highest BCUT2D eigenvalue weighted by Gasteiger charge is 2.20. The molecule has 2 heteroatoms. The van der Waals surface area contributed by atoms with Crippen LogP contribution < -0.4 is 0 Å². The Kier molecular flexibility index (Phi) is 2.09. The third kappa shape index (κ3) is 1.58. The SMILES string of the molecule is C=C(c1nocc1C)C(C)(C)C. The fourth-order valence-electron chi connectivity index (χ4n) is 0.934. The number of allylic oxidation sites excluding steroid dienone is 1. The Labute approximate surface area is 73.3 Å². The van der Waals surface area contributed by atoms with Crippen LogP contribution in [0.25, 0.3) is 5.57 Å². The molecule has 0 saturated carbocycles. The van der Waals surface area contributed by atoms with Crippen molar-refractivity contribution < 1.29 is 4.52 Å². The smallest absolute Gasteiger partial charge is 0.127 e. The van der Waals surface area contributed by atoms with Gasteiger partial charge in [0.1, 0.15) is 12.0 Å². The number of hydrogen-bond donors (Lipinski definition) is 0. The maximum absolute atomic E-state index is 4.85. The lowest BCUT2D eigenvalue weighted by molar-refractivity contribution is 0.414. The average molecular weight is 165 g/mol. The van der Waals surface area contributed by atoms with Crippen molar-refractivity contribution in [2.24, 2.45) is 5.41 Å². The van der Waals surface area contributed by atoms with Crippen LogP contribution in [0.4, 0.5) is 0 Å². The molecular weight excluding hydrogens is 150 g/mol. The zero-order chi connectivity index (χ0) is 9.35. The van der Waals surface area contributed by atoms with Crippen LogP contribution in [0.2, 0.25) is 0 Å². The predicted octanol–water partition coefficient (Wildman–Crippen LogP) is 3.04. The van der Waals surface area contributed by atoms with E-state index in [0.717, 1.165) is 16.8 Å². The predicted molar refractivity (Wildman–Crippen MR) is 49.7 cm³/mol. The molecule has 2 nitrogen and oxygen atoms in total. The number of rotatable bonds is 1. The Balaban J connectivity index is 3.01. The summed E-state index contributed by atoms with van der Waals surface area (Å²) >= 11 is 0. The highest BCUT2D eigenvalue weighted by Crippen LogP contribution is 2.32. The van der Waals surface area contributed by atoms with Gasteiger partial charge >= 0.3 is 0 Å². The van der Waals surface area contributed by atoms with Gasteiger partial charge in [0.15, 0.2) is 0 Å². The first-order valence-electron chi connectivity index (χ1n) is 4.03. The fourth-order valence-corrected chi connectivity index (χ4v) is 0.934. The minimum absolute atomic E-state index is 0.0572. The summed E-state index contributed by atoms with van der Waals surface area (Å²) in [5, 5.41) is 3.91. The minimum atomic E-state index is 0.0572. The van der Waals surface area contributed by atoms with Crippen molar-refractivity contribution in [1.29, 1.82) is 0 Å². The molecule has 1 aromatic rings. The van der Waals surface area contributed by atoms with Crippen LogP contribution >= 0.6 is 0 Å². The van der Waals surface area contributed by atoms with Gasteiger partial charge in [0, 0.05) is 5.56 Å². The first-order valence-corrected chi connectivity index (χ1v) is 4.03. The zero-order valence-electron chi connectivity index (χ0n) is 8.14. The first kappa shape index (κ1) is 9.04. The lowest BCUT2D eigenvalue weighted by Crippen LogP contribution is -2.08. The Morgan fingerprint density at radius 2 is 2.08 bits per heavy atom. The summed E-state index contributed by atoms with van der Waals surface area (Å²) < 4.78 is 4.85. The topological polar surface area (TPSA) is 26.0 Å². The van der Waals surface area contributed by atoms with Gasteiger partial charge in [0.25, 0.3) is 0 Å². The quantitative estimate of drug-likeness (QED) is 0.639. The molecule has 12 heavy (non-hydrogen) atoms. The Morgan fingerprint density at radius 3 is 2.42 bits per heavy atom. The monoisotopic (exact) mass is 165 g/mol. The van der Waals surface area contributed by atoms with Crippen molar-refractivity contribution in [2.75, 3.05) is 0 Å². The highest BCUT2D eigenvalue weighted by molar-refractivity contribution is 5.66. The number of aryl methyl sites for hydroxylation is 1. The summed E-state index contributed by atoms with van der Waals surface area (Å²) in [5.41, 5.74) is 3.02. The van der Waals surface area contributed by atoms with Crippen molar-refractivity contribution in [3.63, 3.8) is 0 Å². The number of nitrogens with zero attached hydrogens (tertiary/aromatic N) is 1. The second-order valence-electron chi connectivity index (χ2n) is 4.07. The molecule has 1 rings (SSSR count). The van der Waals surface area contributed by atoms with E-state index in [4.69, 9.17) is 4.52 Å². The van der Waals surface area contributed by atoms with Crippen molar-refractivity contribution in [1.82, 2.24) is 5.16 Å². The van der Waals surface area contributed by atoms with Gasteiger partial charge < -0.3 is 4.52 Å². The van der Waals surface area contributed by atoms with Crippen LogP contribution in [-0.2, 0) is 0 Å². The zero-order valence-corrected chi connectivity index (χ0v) is 8.14. The molecule has 0 spiro atoms. The third-order valence-corrected chi connectivity index (χ3v) is 1.94. The summed E-state index contributed by atoms with van der Waals surface area (Å²) in [4.78, 5) is 0. The molecule has 1 aromatic heterocycles. The number of aromatic nitrogens is 1. The molecule has 0 unspecified atom stereocenters. The molecule has 0 atom stereocenters. The molecule has 0 bridgehead atoms. The van der Waals surface area contributed by atoms with E-state index in [1.807, 2.05) is 6.92 Å². The van der Waals surface area contributed by atoms with Crippen LogP contribution in [-0.4, -0.2) is 5.16 Å². The average Bonchev–Trinajstić information content (AvgIpc) is 2.31. The Hall–Kier alpha value is -1.05. The van der Waals surface area contributed by atoms with Crippen LogP contribution in [0.3, 0.4) is 0 Å². The van der Waals surface area contributed by atoms with Crippen molar-refractivity contribution in [3.05, 3.63) is 24.1 Å². The lowest BCUT2D eigenvalue weighted by Gasteiger charge is -2.19. The fraction of sp³-hybridized carbons (Fsp3) is 0.500. The van der Waals surface area contributed by atoms with Crippen molar-refractivity contribution in [3.8, 4) is 0 Å². The van der Waals surface area contributed by atoms with E-state index in [9.17, 15) is 0 Å². The van der Waals surface area contributed by atoms with Crippen LogP contribution in [0, 0.1) is 12.3 Å². The number of hydrogen-bond acceptors (Lipinski definition) is 2. The summed E-state index contributed by atoms with van der Waals surface area (Å²) in [6.07, 6.45) is 1.65. The molecule has 0 N–H and O–H groups in total. The van der Waals surface area contributed by atoms with E-state index in [2.05, 4.69) is 32.5 Å². The normalized spacial score (nSPS) is 11.7. The molecular formula is C10H15NO. The van der Waals surface area contributed by atoms with E-state index in [1.54, 1.807) is 6.26 Å². The summed E-state index contributed by atoms with van der Waals surface area (Å²) in [6.45, 7) is 12.3. The Morgan fingerprint density at radius 1 is 1.50 bits per heavy atom. The largest absolute Gasteiger partial charge is 0.364 e. The van der Waals surface area contributed by atoms with Gasteiger partial charge in [-0.25, -0.2) is 0 Å². The second-order valence-corrected chi connectivity index (χ2v) is 4.07. The van der Waals surface area contributed by atoms with Crippen molar-refractivity contribution >= 4 is 5.57 Å².